The van der Waals surface area contributed by atoms with Crippen LogP contribution in [0.5, 0.6) is 92.0 Å². The number of aryl methyl sites for hydroxylation is 7. The van der Waals surface area contributed by atoms with Crippen molar-refractivity contribution < 1.29 is 43.4 Å². The number of unbranched alkanes of at least 4 members (excludes halogenated alkanes) is 6. The molecule has 0 radical (unpaired) electrons. The van der Waals surface area contributed by atoms with Gasteiger partial charge in [-0.2, -0.15) is 0 Å². The zero-order valence-corrected chi connectivity index (χ0v) is 60.7. The molecule has 9 heteroatoms. The average molecular weight is 1310 g/mol. The largest absolute Gasteiger partial charge is 0.457 e. The van der Waals surface area contributed by atoms with E-state index in [9.17, 15) is 0 Å². The average Bonchev–Trinajstić information content (AvgIpc) is 0.753. The summed E-state index contributed by atoms with van der Waals surface area (Å²) in [5.41, 5.74) is 14.7. The second kappa shape index (κ2) is 34.0. The third-order valence-electron chi connectivity index (χ3n) is 19.8. The van der Waals surface area contributed by atoms with E-state index >= 15 is 0 Å². The van der Waals surface area contributed by atoms with Gasteiger partial charge in [-0.25, -0.2) is 0 Å². The quantitative estimate of drug-likeness (QED) is 0.0410. The van der Waals surface area contributed by atoms with E-state index in [1.807, 2.05) is 51.1 Å². The van der Waals surface area contributed by atoms with Crippen LogP contribution in [-0.2, 0) is 12.8 Å². The van der Waals surface area contributed by atoms with Crippen LogP contribution in [-0.4, -0.2) is 5.48 Å². The lowest BCUT2D eigenvalue weighted by Gasteiger charge is -2.28. The molecule has 0 aliphatic heterocycles. The van der Waals surface area contributed by atoms with Crippen molar-refractivity contribution in [1.82, 2.24) is 0 Å². The monoisotopic (exact) mass is 1310 g/mol. The van der Waals surface area contributed by atoms with Crippen molar-refractivity contribution in [3.05, 3.63) is 223 Å². The van der Waals surface area contributed by atoms with Gasteiger partial charge in [-0.1, -0.05) is 182 Å². The highest BCUT2D eigenvalue weighted by molar-refractivity contribution is 5.74. The van der Waals surface area contributed by atoms with Gasteiger partial charge in [-0.05, 0) is 238 Å². The summed E-state index contributed by atoms with van der Waals surface area (Å²) >= 11 is 0. The second-order valence-corrected chi connectivity index (χ2v) is 27.4. The normalized spacial score (nSPS) is 12.6. The molecule has 10 rings (SSSR count). The van der Waals surface area contributed by atoms with Gasteiger partial charge in [0.1, 0.15) is 51.7 Å². The van der Waals surface area contributed by atoms with Crippen molar-refractivity contribution in [3.8, 4) is 92.0 Å². The molecule has 0 amide bonds. The maximum absolute atomic E-state index is 7.97. The smallest absolute Gasteiger partial charge is 0.216 e. The van der Waals surface area contributed by atoms with Crippen molar-refractivity contribution in [2.45, 2.75) is 219 Å². The predicted molar refractivity (Wildman–Crippen MR) is 399 cm³/mol. The summed E-state index contributed by atoms with van der Waals surface area (Å²) < 4.78 is 59.3. The van der Waals surface area contributed by atoms with Gasteiger partial charge in [0.05, 0.1) is 0 Å². The van der Waals surface area contributed by atoms with Crippen LogP contribution < -0.4 is 37.9 Å². The summed E-state index contributed by atoms with van der Waals surface area (Å²) in [5.74, 6) is 9.47. The van der Waals surface area contributed by atoms with Crippen LogP contribution in [0.15, 0.2) is 140 Å². The second-order valence-electron chi connectivity index (χ2n) is 27.4. The zero-order chi connectivity index (χ0) is 68.0. The van der Waals surface area contributed by atoms with Crippen molar-refractivity contribution in [1.29, 1.82) is 0 Å². The first-order valence-electron chi connectivity index (χ1n) is 35.8. The van der Waals surface area contributed by atoms with Crippen molar-refractivity contribution in [3.63, 3.8) is 0 Å². The summed E-state index contributed by atoms with van der Waals surface area (Å²) in [6.07, 6.45) is 20.5. The lowest BCUT2D eigenvalue weighted by atomic mass is 9.84. The van der Waals surface area contributed by atoms with Crippen molar-refractivity contribution in [2.75, 3.05) is 0 Å². The van der Waals surface area contributed by atoms with E-state index in [0.717, 1.165) is 87.1 Å². The fraction of sp³-hybridized carbons (Fsp3) is 0.386. The number of ether oxygens (including phenoxy) is 8. The van der Waals surface area contributed by atoms with E-state index in [0.29, 0.717) is 97.7 Å². The van der Waals surface area contributed by atoms with Gasteiger partial charge in [0.15, 0.2) is 23.0 Å². The Kier molecular flexibility index (Phi) is 25.5. The molecule has 9 aromatic carbocycles. The molecular formula is C88H106O9. The summed E-state index contributed by atoms with van der Waals surface area (Å²) in [4.78, 5) is 0. The zero-order valence-electron chi connectivity index (χ0n) is 60.7. The molecular weight excluding hydrogens is 1200 g/mol. The van der Waals surface area contributed by atoms with E-state index in [1.165, 1.54) is 100 Å². The van der Waals surface area contributed by atoms with E-state index < -0.39 is 0 Å². The number of hydrogen-bond acceptors (Lipinski definition) is 8. The first kappa shape index (κ1) is 72.6. The van der Waals surface area contributed by atoms with Crippen LogP contribution in [0.4, 0.5) is 0 Å². The van der Waals surface area contributed by atoms with Crippen LogP contribution in [0.25, 0.3) is 0 Å². The van der Waals surface area contributed by atoms with Gasteiger partial charge in [-0.15, -0.1) is 0 Å². The molecule has 9 aromatic rings. The highest BCUT2D eigenvalue weighted by Gasteiger charge is 2.34. The fourth-order valence-electron chi connectivity index (χ4n) is 13.3. The molecule has 9 nitrogen and oxygen atoms in total. The van der Waals surface area contributed by atoms with Gasteiger partial charge in [0, 0.05) is 27.8 Å². The van der Waals surface area contributed by atoms with Gasteiger partial charge in [0.2, 0.25) is 17.2 Å². The van der Waals surface area contributed by atoms with Gasteiger partial charge in [0.25, 0.3) is 0 Å². The van der Waals surface area contributed by atoms with Crippen LogP contribution in [0.1, 0.15) is 206 Å². The molecule has 1 atom stereocenters. The number of benzene rings is 9. The maximum Gasteiger partial charge on any atom is 0.216 e. The van der Waals surface area contributed by atoms with Gasteiger partial charge >= 0.3 is 0 Å². The minimum absolute atomic E-state index is 0. The third kappa shape index (κ3) is 17.9. The Morgan fingerprint density at radius 2 is 0.845 bits per heavy atom. The molecule has 1 aliphatic carbocycles. The molecule has 1 saturated carbocycles. The predicted octanol–water partition coefficient (Wildman–Crippen LogP) is 26.6. The first-order chi connectivity index (χ1) is 46.4. The molecule has 0 saturated heterocycles. The summed E-state index contributed by atoms with van der Waals surface area (Å²) in [6.45, 7) is 31.6. The highest BCUT2D eigenvalue weighted by Crippen LogP contribution is 2.60. The Labute approximate surface area is 580 Å². The Morgan fingerprint density at radius 3 is 1.52 bits per heavy atom. The maximum atomic E-state index is 7.97. The van der Waals surface area contributed by atoms with Crippen LogP contribution in [0.3, 0.4) is 0 Å². The van der Waals surface area contributed by atoms with E-state index in [2.05, 4.69) is 192 Å². The van der Waals surface area contributed by atoms with Gasteiger partial charge in [-0.3, -0.25) is 0 Å². The van der Waals surface area contributed by atoms with E-state index in [4.69, 9.17) is 37.9 Å². The van der Waals surface area contributed by atoms with E-state index in [-0.39, 0.29) is 17.0 Å². The summed E-state index contributed by atoms with van der Waals surface area (Å²) in [5, 5.41) is 0. The third-order valence-corrected chi connectivity index (χ3v) is 19.8. The first-order valence-corrected chi connectivity index (χ1v) is 35.8. The van der Waals surface area contributed by atoms with Crippen LogP contribution in [0, 0.1) is 89.0 Å². The fourth-order valence-corrected chi connectivity index (χ4v) is 13.3. The lowest BCUT2D eigenvalue weighted by molar-refractivity contribution is 0.336. The number of hydrogen-bond donors (Lipinski definition) is 0. The van der Waals surface area contributed by atoms with Gasteiger partial charge < -0.3 is 43.4 Å². The topological polar surface area (TPSA) is 105 Å². The minimum Gasteiger partial charge on any atom is -0.457 e. The molecule has 0 spiro atoms. The Balaban J connectivity index is 0.0000110. The molecule has 0 aromatic heterocycles. The minimum atomic E-state index is 0. The molecule has 1 fully saturated rings. The Bertz CT molecular complexity index is 4100. The Hall–Kier alpha value is -8.66. The SMILES string of the molecule is CCCCCCCCc1ccc(Oc2c(Oc3ccc(CC(CC)CCCC)cc3)c(C)c(C)c(Oc3cccc(C)c3C)c2Oc2c(Oc3ccc(C)cc3C)c(C)c(Oc3cc(C)ccc3C)c(C)c2Oc2c(C)ccc(Oc3ccc(C4CCCCC4)cc3)c2C)cc1.O. The number of rotatable bonds is 30. The lowest BCUT2D eigenvalue weighted by Crippen LogP contribution is -2.07. The Morgan fingerprint density at radius 1 is 0.340 bits per heavy atom. The van der Waals surface area contributed by atoms with Crippen LogP contribution in [0.2, 0.25) is 0 Å². The van der Waals surface area contributed by atoms with E-state index in [1.54, 1.807) is 0 Å². The molecule has 0 heterocycles. The molecule has 97 heavy (non-hydrogen) atoms. The molecule has 1 unspecified atom stereocenters. The van der Waals surface area contributed by atoms with Crippen molar-refractivity contribution in [2.24, 2.45) is 5.92 Å². The van der Waals surface area contributed by atoms with Crippen LogP contribution >= 0.6 is 0 Å². The summed E-state index contributed by atoms with van der Waals surface area (Å²) in [6, 6.07) is 48.4. The summed E-state index contributed by atoms with van der Waals surface area (Å²) in [7, 11) is 0. The molecule has 0 bridgehead atoms. The highest BCUT2D eigenvalue weighted by atomic mass is 16.6. The van der Waals surface area contributed by atoms with Crippen molar-refractivity contribution >= 4 is 0 Å². The standard InChI is InChI=1S/C88H104O8.H2O/c1-16-19-21-22-23-25-31-69-39-45-75(46-40-69)91-87-82(90-74-47-41-70(42-48-74)55-68(18-3)30-20-17-2)63(11)64(12)83(93-77-34-28-29-58(6)62(77)10)88(87)96-86-84(92-76-51-36-56(4)53-61(76)9)66(14)81(94-79-54-57(5)35-37-59(79)7)67(15)85(86)95-80-60(8)38-52-78(65(80)13)89-73-49-43-72(44-50-73)71-32-26-24-27-33-71;/h28-29,34-54,68,71H,16-27,30-33,55H2,1-15H3;1H2. The molecule has 512 valence electrons. The molecule has 1 aliphatic rings. The molecule has 2 N–H and O–H groups in total.